The number of aliphatic carboxylic acids is 1. The van der Waals surface area contributed by atoms with Crippen LogP contribution in [0.25, 0.3) is 0 Å². The topological polar surface area (TPSA) is 104 Å². The summed E-state index contributed by atoms with van der Waals surface area (Å²) in [5.74, 6) is -1.60. The van der Waals surface area contributed by atoms with E-state index in [1.54, 1.807) is 0 Å². The lowest BCUT2D eigenvalue weighted by molar-refractivity contribution is -0.141. The Morgan fingerprint density at radius 1 is 1.19 bits per heavy atom. The first-order valence-corrected chi connectivity index (χ1v) is 10.5. The Morgan fingerprint density at radius 3 is 2.52 bits per heavy atom. The van der Waals surface area contributed by atoms with Crippen LogP contribution in [0.5, 0.6) is 0 Å². The lowest BCUT2D eigenvalue weighted by Crippen LogP contribution is -2.40. The van der Waals surface area contributed by atoms with Gasteiger partial charge in [-0.3, -0.25) is 4.79 Å². The maximum absolute atomic E-state index is 12.9. The molecular formula is C18H24N2O6S. The van der Waals surface area contributed by atoms with Gasteiger partial charge in [0.2, 0.25) is 10.0 Å². The Hall–Kier alpha value is -1.97. The van der Waals surface area contributed by atoms with Crippen LogP contribution in [0.1, 0.15) is 36.0 Å². The average Bonchev–Trinajstić information content (AvgIpc) is 3.13. The molecule has 2 heterocycles. The number of sulfonamides is 1. The molecule has 8 nitrogen and oxygen atoms in total. The molecule has 27 heavy (non-hydrogen) atoms. The molecule has 2 atom stereocenters. The fraction of sp³-hybridized carbons (Fsp3) is 0.556. The van der Waals surface area contributed by atoms with E-state index in [-0.39, 0.29) is 29.5 Å². The van der Waals surface area contributed by atoms with E-state index in [4.69, 9.17) is 4.74 Å². The predicted molar refractivity (Wildman–Crippen MR) is 96.9 cm³/mol. The van der Waals surface area contributed by atoms with Crippen molar-refractivity contribution in [2.45, 2.75) is 42.7 Å². The maximum atomic E-state index is 12.9. The monoisotopic (exact) mass is 396 g/mol. The second-order valence-electron chi connectivity index (χ2n) is 6.90. The quantitative estimate of drug-likeness (QED) is 0.801. The summed E-state index contributed by atoms with van der Waals surface area (Å²) in [5, 5.41) is 9.39. The van der Waals surface area contributed by atoms with Crippen LogP contribution in [-0.2, 0) is 19.6 Å². The van der Waals surface area contributed by atoms with Gasteiger partial charge in [-0.05, 0) is 31.0 Å². The zero-order valence-corrected chi connectivity index (χ0v) is 16.0. The summed E-state index contributed by atoms with van der Waals surface area (Å²) in [7, 11) is -2.19. The highest BCUT2D eigenvalue weighted by atomic mass is 32.2. The van der Waals surface area contributed by atoms with E-state index in [2.05, 4.69) is 0 Å². The molecule has 1 N–H and O–H groups in total. The molecular weight excluding hydrogens is 372 g/mol. The minimum absolute atomic E-state index is 0.0598. The normalized spacial score (nSPS) is 24.1. The number of benzene rings is 1. The van der Waals surface area contributed by atoms with Gasteiger partial charge in [0.15, 0.2) is 0 Å². The highest BCUT2D eigenvalue weighted by Gasteiger charge is 2.40. The molecule has 2 saturated heterocycles. The zero-order chi connectivity index (χ0) is 19.6. The molecule has 2 aliphatic rings. The fourth-order valence-corrected chi connectivity index (χ4v) is 5.20. The third kappa shape index (κ3) is 3.99. The van der Waals surface area contributed by atoms with Crippen LogP contribution in [0.15, 0.2) is 29.2 Å². The van der Waals surface area contributed by atoms with Crippen molar-refractivity contribution in [1.82, 2.24) is 9.21 Å². The Bertz CT molecular complexity index is 819. The van der Waals surface area contributed by atoms with Crippen molar-refractivity contribution in [2.24, 2.45) is 0 Å². The Labute approximate surface area is 158 Å². The van der Waals surface area contributed by atoms with Crippen molar-refractivity contribution in [3.8, 4) is 0 Å². The lowest BCUT2D eigenvalue weighted by Gasteiger charge is -2.26. The summed E-state index contributed by atoms with van der Waals surface area (Å²) in [6.07, 6.45) is 2.52. The predicted octanol–water partition coefficient (Wildman–Crippen LogP) is 1.18. The van der Waals surface area contributed by atoms with E-state index in [0.717, 1.165) is 19.3 Å². The molecule has 2 unspecified atom stereocenters. The van der Waals surface area contributed by atoms with Crippen molar-refractivity contribution in [3.05, 3.63) is 29.8 Å². The van der Waals surface area contributed by atoms with Gasteiger partial charge in [-0.25, -0.2) is 13.2 Å². The molecule has 0 radical (unpaired) electrons. The maximum Gasteiger partial charge on any atom is 0.326 e. The molecule has 0 aliphatic carbocycles. The molecule has 2 fully saturated rings. The number of rotatable bonds is 5. The van der Waals surface area contributed by atoms with Gasteiger partial charge in [-0.15, -0.1) is 0 Å². The summed E-state index contributed by atoms with van der Waals surface area (Å²) in [5.41, 5.74) is 0.163. The minimum Gasteiger partial charge on any atom is -0.480 e. The number of carbonyl (C=O) groups excluding carboxylic acids is 1. The molecule has 1 amide bonds. The van der Waals surface area contributed by atoms with Gasteiger partial charge in [0.05, 0.1) is 11.0 Å². The van der Waals surface area contributed by atoms with Crippen LogP contribution >= 0.6 is 0 Å². The van der Waals surface area contributed by atoms with Crippen LogP contribution < -0.4 is 0 Å². The number of piperidine rings is 1. The van der Waals surface area contributed by atoms with Crippen molar-refractivity contribution >= 4 is 21.9 Å². The van der Waals surface area contributed by atoms with Crippen LogP contribution in [0, 0.1) is 0 Å². The van der Waals surface area contributed by atoms with Crippen molar-refractivity contribution < 1.29 is 27.9 Å². The second kappa shape index (κ2) is 7.95. The van der Waals surface area contributed by atoms with Gasteiger partial charge in [0, 0.05) is 38.7 Å². The summed E-state index contributed by atoms with van der Waals surface area (Å²) < 4.78 is 32.3. The Balaban J connectivity index is 1.86. The van der Waals surface area contributed by atoms with E-state index in [9.17, 15) is 23.1 Å². The van der Waals surface area contributed by atoms with Crippen molar-refractivity contribution in [2.75, 3.05) is 26.7 Å². The van der Waals surface area contributed by atoms with E-state index < -0.39 is 27.9 Å². The summed E-state index contributed by atoms with van der Waals surface area (Å²) in [4.78, 5) is 25.7. The van der Waals surface area contributed by atoms with Crippen LogP contribution in [0.2, 0.25) is 0 Å². The standard InChI is InChI=1S/C18H24N2O6S/c1-26-14-11-16(18(22)23)20(12-14)17(21)13-6-5-7-15(10-13)27(24,25)19-8-3-2-4-9-19/h5-7,10,14,16H,2-4,8-9,11-12H2,1H3,(H,22,23). The van der Waals surface area contributed by atoms with Crippen LogP contribution in [-0.4, -0.2) is 73.5 Å². The van der Waals surface area contributed by atoms with Gasteiger partial charge in [0.25, 0.3) is 5.91 Å². The third-order valence-electron chi connectivity index (χ3n) is 5.18. The number of methoxy groups -OCH3 is 1. The molecule has 3 rings (SSSR count). The fourth-order valence-electron chi connectivity index (χ4n) is 3.64. The van der Waals surface area contributed by atoms with E-state index >= 15 is 0 Å². The largest absolute Gasteiger partial charge is 0.480 e. The molecule has 0 bridgehead atoms. The van der Waals surface area contributed by atoms with Crippen LogP contribution in [0.3, 0.4) is 0 Å². The number of nitrogens with zero attached hydrogens (tertiary/aromatic N) is 2. The molecule has 1 aromatic carbocycles. The van der Waals surface area contributed by atoms with Crippen LogP contribution in [0.4, 0.5) is 0 Å². The number of hydrogen-bond donors (Lipinski definition) is 1. The first-order valence-electron chi connectivity index (χ1n) is 9.01. The summed E-state index contributed by atoms with van der Waals surface area (Å²) in [6, 6.07) is 4.85. The molecule has 1 aromatic rings. The first kappa shape index (κ1) is 19.8. The third-order valence-corrected chi connectivity index (χ3v) is 7.07. The molecule has 9 heteroatoms. The number of hydrogen-bond acceptors (Lipinski definition) is 5. The smallest absolute Gasteiger partial charge is 0.326 e. The SMILES string of the molecule is COC1CC(C(=O)O)N(C(=O)c2cccc(S(=O)(=O)N3CCCCC3)c2)C1. The van der Waals surface area contributed by atoms with E-state index in [1.807, 2.05) is 0 Å². The van der Waals surface area contributed by atoms with E-state index in [1.165, 1.54) is 40.6 Å². The molecule has 0 spiro atoms. The lowest BCUT2D eigenvalue weighted by atomic mass is 10.1. The summed E-state index contributed by atoms with van der Waals surface area (Å²) >= 11 is 0. The number of carbonyl (C=O) groups is 2. The van der Waals surface area contributed by atoms with Crippen molar-refractivity contribution in [1.29, 1.82) is 0 Å². The Morgan fingerprint density at radius 2 is 1.89 bits per heavy atom. The molecule has 0 aromatic heterocycles. The Kier molecular flexibility index (Phi) is 5.83. The highest BCUT2D eigenvalue weighted by Crippen LogP contribution is 2.25. The van der Waals surface area contributed by atoms with Crippen molar-refractivity contribution in [3.63, 3.8) is 0 Å². The average molecular weight is 396 g/mol. The van der Waals surface area contributed by atoms with Gasteiger partial charge in [0.1, 0.15) is 6.04 Å². The second-order valence-corrected chi connectivity index (χ2v) is 8.84. The first-order chi connectivity index (χ1) is 12.8. The van der Waals surface area contributed by atoms with Gasteiger partial charge in [-0.2, -0.15) is 4.31 Å². The van der Waals surface area contributed by atoms with Gasteiger partial charge in [-0.1, -0.05) is 12.5 Å². The number of ether oxygens (including phenoxy) is 1. The highest BCUT2D eigenvalue weighted by molar-refractivity contribution is 7.89. The number of amides is 1. The van der Waals surface area contributed by atoms with E-state index in [0.29, 0.717) is 13.1 Å². The molecule has 2 aliphatic heterocycles. The summed E-state index contributed by atoms with van der Waals surface area (Å²) in [6.45, 7) is 1.11. The molecule has 148 valence electrons. The molecule has 0 saturated carbocycles. The number of carboxylic acids is 1. The van der Waals surface area contributed by atoms with Gasteiger partial charge < -0.3 is 14.7 Å². The number of likely N-dealkylation sites (tertiary alicyclic amines) is 1. The zero-order valence-electron chi connectivity index (χ0n) is 15.2. The minimum atomic E-state index is -3.67. The number of carboxylic acid groups (broad SMARTS) is 1. The van der Waals surface area contributed by atoms with Gasteiger partial charge >= 0.3 is 5.97 Å².